The molecule has 1 saturated heterocycles. The smallest absolute Gasteiger partial charge is 0.326 e. The van der Waals surface area contributed by atoms with Crippen LogP contribution in [0.2, 0.25) is 0 Å². The summed E-state index contributed by atoms with van der Waals surface area (Å²) in [6, 6.07) is 6.35. The summed E-state index contributed by atoms with van der Waals surface area (Å²) >= 11 is 0. The molecule has 0 unspecified atom stereocenters. The van der Waals surface area contributed by atoms with E-state index in [0.29, 0.717) is 30.5 Å². The van der Waals surface area contributed by atoms with Gasteiger partial charge in [-0.25, -0.2) is 9.78 Å². The van der Waals surface area contributed by atoms with Crippen LogP contribution in [-0.4, -0.2) is 44.0 Å². The summed E-state index contributed by atoms with van der Waals surface area (Å²) in [5, 5.41) is 9.92. The summed E-state index contributed by atoms with van der Waals surface area (Å²) in [6.07, 6.45) is 2.37. The lowest BCUT2D eigenvalue weighted by Gasteiger charge is -2.21. The minimum absolute atomic E-state index is 0.0905. The van der Waals surface area contributed by atoms with Gasteiger partial charge in [0.05, 0.1) is 6.33 Å². The molecular formula is C17H15N3O5. The van der Waals surface area contributed by atoms with Crippen molar-refractivity contribution in [2.45, 2.75) is 25.4 Å². The molecule has 25 heavy (non-hydrogen) atoms. The van der Waals surface area contributed by atoms with E-state index in [9.17, 15) is 19.5 Å². The minimum Gasteiger partial charge on any atom is -0.480 e. The zero-order valence-electron chi connectivity index (χ0n) is 13.2. The standard InChI is InChI=1S/C17H15N3O5/c21-13(20-7-3-5-11(20)17(23)24)8-19-9-18-14-10-4-1-2-6-12(10)25-15(14)16(19)22/h1-2,4,6,9,11H,3,5,7-8H2,(H,23,24)/t11-/m1/s1. The third-order valence-corrected chi connectivity index (χ3v) is 4.51. The van der Waals surface area contributed by atoms with Crippen molar-refractivity contribution in [3.8, 4) is 0 Å². The summed E-state index contributed by atoms with van der Waals surface area (Å²) in [6.45, 7) is 0.119. The first-order valence-electron chi connectivity index (χ1n) is 7.95. The molecule has 0 saturated carbocycles. The fourth-order valence-electron chi connectivity index (χ4n) is 3.29. The van der Waals surface area contributed by atoms with Gasteiger partial charge >= 0.3 is 5.97 Å². The fraction of sp³-hybridized carbons (Fsp3) is 0.294. The topological polar surface area (TPSA) is 106 Å². The lowest BCUT2D eigenvalue weighted by molar-refractivity contribution is -0.148. The van der Waals surface area contributed by atoms with Gasteiger partial charge in [0.25, 0.3) is 5.56 Å². The Morgan fingerprint density at radius 1 is 1.32 bits per heavy atom. The number of carboxylic acid groups (broad SMARTS) is 1. The van der Waals surface area contributed by atoms with E-state index in [2.05, 4.69) is 4.98 Å². The van der Waals surface area contributed by atoms with Crippen molar-refractivity contribution in [2.75, 3.05) is 6.54 Å². The molecule has 1 fully saturated rings. The molecule has 8 nitrogen and oxygen atoms in total. The normalized spacial score (nSPS) is 17.4. The number of furan rings is 1. The molecule has 3 heterocycles. The number of carboxylic acids is 1. The first-order chi connectivity index (χ1) is 12.1. The fourth-order valence-corrected chi connectivity index (χ4v) is 3.29. The molecule has 1 aliphatic heterocycles. The van der Waals surface area contributed by atoms with Crippen molar-refractivity contribution in [2.24, 2.45) is 0 Å². The van der Waals surface area contributed by atoms with Crippen molar-refractivity contribution in [3.63, 3.8) is 0 Å². The first-order valence-corrected chi connectivity index (χ1v) is 7.95. The number of hydrogen-bond donors (Lipinski definition) is 1. The Kier molecular flexibility index (Phi) is 3.52. The molecule has 1 atom stereocenters. The average molecular weight is 341 g/mol. The Morgan fingerprint density at radius 2 is 2.12 bits per heavy atom. The van der Waals surface area contributed by atoms with E-state index in [1.807, 2.05) is 12.1 Å². The largest absolute Gasteiger partial charge is 0.480 e. The van der Waals surface area contributed by atoms with Gasteiger partial charge < -0.3 is 14.4 Å². The summed E-state index contributed by atoms with van der Waals surface area (Å²) in [5.41, 5.74) is 0.638. The molecule has 1 aromatic carbocycles. The van der Waals surface area contributed by atoms with Gasteiger partial charge in [-0.2, -0.15) is 0 Å². The van der Waals surface area contributed by atoms with Crippen LogP contribution in [0.1, 0.15) is 12.8 Å². The van der Waals surface area contributed by atoms with Crippen LogP contribution >= 0.6 is 0 Å². The Morgan fingerprint density at radius 3 is 2.92 bits per heavy atom. The van der Waals surface area contributed by atoms with Gasteiger partial charge in [-0.3, -0.25) is 14.2 Å². The second-order valence-corrected chi connectivity index (χ2v) is 6.04. The third-order valence-electron chi connectivity index (χ3n) is 4.51. The SMILES string of the molecule is O=C(O)[C@H]1CCCN1C(=O)Cn1cnc2c(oc3ccccc32)c1=O. The van der Waals surface area contributed by atoms with Crippen LogP contribution in [0.25, 0.3) is 22.1 Å². The van der Waals surface area contributed by atoms with E-state index < -0.39 is 23.5 Å². The minimum atomic E-state index is -1.02. The highest BCUT2D eigenvalue weighted by Crippen LogP contribution is 2.24. The molecular weight excluding hydrogens is 326 g/mol. The van der Waals surface area contributed by atoms with E-state index in [1.165, 1.54) is 11.2 Å². The molecule has 8 heteroatoms. The molecule has 0 spiro atoms. The van der Waals surface area contributed by atoms with E-state index in [4.69, 9.17) is 4.42 Å². The van der Waals surface area contributed by atoms with Crippen LogP contribution in [0.4, 0.5) is 0 Å². The predicted molar refractivity (Wildman–Crippen MR) is 88.1 cm³/mol. The Hall–Kier alpha value is -3.16. The maximum absolute atomic E-state index is 12.6. The van der Waals surface area contributed by atoms with Gasteiger partial charge in [-0.05, 0) is 25.0 Å². The Labute approximate surface area is 141 Å². The van der Waals surface area contributed by atoms with E-state index in [-0.39, 0.29) is 12.1 Å². The number of nitrogens with zero attached hydrogens (tertiary/aromatic N) is 3. The molecule has 4 rings (SSSR count). The number of aromatic nitrogens is 2. The lowest BCUT2D eigenvalue weighted by Crippen LogP contribution is -2.43. The van der Waals surface area contributed by atoms with Crippen molar-refractivity contribution >= 4 is 33.9 Å². The van der Waals surface area contributed by atoms with E-state index in [0.717, 1.165) is 9.95 Å². The molecule has 1 aliphatic rings. The molecule has 0 radical (unpaired) electrons. The van der Waals surface area contributed by atoms with Crippen LogP contribution < -0.4 is 5.56 Å². The van der Waals surface area contributed by atoms with Gasteiger partial charge in [0.2, 0.25) is 11.5 Å². The number of rotatable bonds is 3. The highest BCUT2D eigenvalue weighted by molar-refractivity contribution is 6.01. The number of hydrogen-bond acceptors (Lipinski definition) is 5. The molecule has 0 aliphatic carbocycles. The zero-order valence-corrected chi connectivity index (χ0v) is 13.2. The quantitative estimate of drug-likeness (QED) is 0.768. The van der Waals surface area contributed by atoms with Gasteiger partial charge in [-0.1, -0.05) is 12.1 Å². The highest BCUT2D eigenvalue weighted by Gasteiger charge is 2.34. The molecule has 3 aromatic rings. The van der Waals surface area contributed by atoms with Crippen molar-refractivity contribution < 1.29 is 19.1 Å². The van der Waals surface area contributed by atoms with Gasteiger partial charge in [0.15, 0.2) is 0 Å². The number of likely N-dealkylation sites (tertiary alicyclic amines) is 1. The van der Waals surface area contributed by atoms with Crippen LogP contribution in [0.15, 0.2) is 39.8 Å². The van der Waals surface area contributed by atoms with Crippen LogP contribution in [0.3, 0.4) is 0 Å². The molecule has 1 N–H and O–H groups in total. The number of benzene rings is 1. The van der Waals surface area contributed by atoms with E-state index >= 15 is 0 Å². The summed E-state index contributed by atoms with van der Waals surface area (Å²) in [7, 11) is 0. The van der Waals surface area contributed by atoms with Crippen LogP contribution in [0, 0.1) is 0 Å². The van der Waals surface area contributed by atoms with Gasteiger partial charge in [0.1, 0.15) is 23.7 Å². The number of amides is 1. The summed E-state index contributed by atoms with van der Waals surface area (Å²) < 4.78 is 6.73. The number of para-hydroxylation sites is 1. The summed E-state index contributed by atoms with van der Waals surface area (Å²) in [5.74, 6) is -1.44. The first kappa shape index (κ1) is 15.4. The number of carbonyl (C=O) groups is 2. The predicted octanol–water partition coefficient (Wildman–Crippen LogP) is 1.22. The zero-order chi connectivity index (χ0) is 17.6. The monoisotopic (exact) mass is 341 g/mol. The Balaban J connectivity index is 1.69. The average Bonchev–Trinajstić information content (AvgIpc) is 3.22. The van der Waals surface area contributed by atoms with Gasteiger partial charge in [-0.15, -0.1) is 0 Å². The van der Waals surface area contributed by atoms with Crippen LogP contribution in [0.5, 0.6) is 0 Å². The number of fused-ring (bicyclic) bond motifs is 3. The van der Waals surface area contributed by atoms with Crippen molar-refractivity contribution in [3.05, 3.63) is 40.9 Å². The molecule has 128 valence electrons. The third kappa shape index (κ3) is 2.46. The maximum Gasteiger partial charge on any atom is 0.326 e. The molecule has 0 bridgehead atoms. The Bertz CT molecular complexity index is 1050. The van der Waals surface area contributed by atoms with E-state index in [1.54, 1.807) is 12.1 Å². The van der Waals surface area contributed by atoms with Crippen molar-refractivity contribution in [1.29, 1.82) is 0 Å². The number of carbonyl (C=O) groups excluding carboxylic acids is 1. The molecule has 2 aromatic heterocycles. The second-order valence-electron chi connectivity index (χ2n) is 6.04. The molecule has 1 amide bonds. The summed E-state index contributed by atoms with van der Waals surface area (Å²) in [4.78, 5) is 41.8. The highest BCUT2D eigenvalue weighted by atomic mass is 16.4. The number of aliphatic carboxylic acids is 1. The second kappa shape index (κ2) is 5.73. The van der Waals surface area contributed by atoms with Gasteiger partial charge in [0, 0.05) is 11.9 Å². The lowest BCUT2D eigenvalue weighted by atomic mass is 10.2. The van der Waals surface area contributed by atoms with Crippen molar-refractivity contribution in [1.82, 2.24) is 14.5 Å². The maximum atomic E-state index is 12.6. The van der Waals surface area contributed by atoms with Crippen LogP contribution in [-0.2, 0) is 16.1 Å².